The quantitative estimate of drug-likeness (QED) is 0.711. The Bertz CT molecular complexity index is 288. The first-order valence-electron chi connectivity index (χ1n) is 4.24. The molecule has 1 fully saturated rings. The monoisotopic (exact) mass is 164 g/mol. The molecule has 64 valence electrons. The topological polar surface area (TPSA) is 46.0 Å². The van der Waals surface area contributed by atoms with E-state index in [1.807, 2.05) is 0 Å². The molecule has 1 aromatic heterocycles. The van der Waals surface area contributed by atoms with Gasteiger partial charge in [-0.1, -0.05) is 6.92 Å². The number of hydrogen-bond acceptors (Lipinski definition) is 3. The Morgan fingerprint density at radius 3 is 3.00 bits per heavy atom. The van der Waals surface area contributed by atoms with Gasteiger partial charge in [-0.3, -0.25) is 0 Å². The van der Waals surface area contributed by atoms with Crippen LogP contribution in [0.1, 0.15) is 30.8 Å². The molecule has 2 atom stereocenters. The lowest BCUT2D eigenvalue weighted by Crippen LogP contribution is -1.97. The van der Waals surface area contributed by atoms with Gasteiger partial charge in [-0.15, -0.1) is 0 Å². The lowest BCUT2D eigenvalue weighted by atomic mass is 10.3. The van der Waals surface area contributed by atoms with Crippen LogP contribution in [0, 0.1) is 5.92 Å². The minimum atomic E-state index is 0.0105. The highest BCUT2D eigenvalue weighted by Gasteiger charge is 2.36. The zero-order chi connectivity index (χ0) is 8.55. The maximum atomic E-state index is 8.84. The fourth-order valence-corrected chi connectivity index (χ4v) is 1.36. The minimum absolute atomic E-state index is 0.0105. The smallest absolute Gasteiger partial charge is 0.131 e. The van der Waals surface area contributed by atoms with Crippen molar-refractivity contribution >= 4 is 0 Å². The second-order valence-electron chi connectivity index (χ2n) is 3.38. The lowest BCUT2D eigenvalue weighted by molar-refractivity contribution is 0.276. The van der Waals surface area contributed by atoms with E-state index in [1.54, 1.807) is 12.3 Å². The first-order valence-corrected chi connectivity index (χ1v) is 4.24. The van der Waals surface area contributed by atoms with Crippen LogP contribution in [0.15, 0.2) is 12.3 Å². The molecule has 2 unspecified atom stereocenters. The minimum Gasteiger partial charge on any atom is -0.390 e. The summed E-state index contributed by atoms with van der Waals surface area (Å²) < 4.78 is 0. The van der Waals surface area contributed by atoms with Crippen molar-refractivity contribution in [3.05, 3.63) is 23.8 Å². The van der Waals surface area contributed by atoms with E-state index >= 15 is 0 Å². The third kappa shape index (κ3) is 1.32. The predicted octanol–water partition coefficient (Wildman–Crippen LogP) is 1.09. The van der Waals surface area contributed by atoms with E-state index < -0.39 is 0 Å². The molecule has 0 aliphatic heterocycles. The summed E-state index contributed by atoms with van der Waals surface area (Å²) in [5, 5.41) is 8.84. The normalized spacial score (nSPS) is 27.2. The Labute approximate surface area is 71.5 Å². The molecular formula is C9H12N2O. The third-order valence-corrected chi connectivity index (χ3v) is 2.34. The lowest BCUT2D eigenvalue weighted by Gasteiger charge is -1.98. The van der Waals surface area contributed by atoms with Crippen LogP contribution in [0.4, 0.5) is 0 Å². The molecule has 0 bridgehead atoms. The van der Waals surface area contributed by atoms with Gasteiger partial charge >= 0.3 is 0 Å². The van der Waals surface area contributed by atoms with Crippen LogP contribution >= 0.6 is 0 Å². The van der Waals surface area contributed by atoms with Gasteiger partial charge in [-0.25, -0.2) is 9.97 Å². The number of hydrogen-bond donors (Lipinski definition) is 1. The first-order chi connectivity index (χ1) is 5.81. The molecule has 12 heavy (non-hydrogen) atoms. The van der Waals surface area contributed by atoms with Crippen molar-refractivity contribution in [1.29, 1.82) is 0 Å². The maximum Gasteiger partial charge on any atom is 0.131 e. The van der Waals surface area contributed by atoms with Gasteiger partial charge < -0.3 is 5.11 Å². The molecule has 1 saturated carbocycles. The van der Waals surface area contributed by atoms with Crippen LogP contribution in [0.5, 0.6) is 0 Å². The van der Waals surface area contributed by atoms with Crippen molar-refractivity contribution in [2.24, 2.45) is 5.92 Å². The van der Waals surface area contributed by atoms with Crippen molar-refractivity contribution in [2.45, 2.75) is 25.9 Å². The molecule has 0 aromatic carbocycles. The van der Waals surface area contributed by atoms with Crippen molar-refractivity contribution in [3.8, 4) is 0 Å². The van der Waals surface area contributed by atoms with Gasteiger partial charge in [-0.2, -0.15) is 0 Å². The van der Waals surface area contributed by atoms with Gasteiger partial charge in [0.05, 0.1) is 12.3 Å². The molecule has 1 N–H and O–H groups in total. The third-order valence-electron chi connectivity index (χ3n) is 2.34. The molecule has 1 aliphatic rings. The van der Waals surface area contributed by atoms with Crippen LogP contribution in [0.25, 0.3) is 0 Å². The largest absolute Gasteiger partial charge is 0.390 e. The number of aliphatic hydroxyl groups excluding tert-OH is 1. The Morgan fingerprint density at radius 1 is 1.67 bits per heavy atom. The molecule has 1 heterocycles. The molecule has 3 nitrogen and oxygen atoms in total. The Kier molecular flexibility index (Phi) is 1.81. The van der Waals surface area contributed by atoms with E-state index in [-0.39, 0.29) is 6.61 Å². The molecule has 1 aromatic rings. The van der Waals surface area contributed by atoms with Crippen LogP contribution in [-0.2, 0) is 6.61 Å². The highest BCUT2D eigenvalue weighted by molar-refractivity contribution is 5.11. The molecule has 0 amide bonds. The van der Waals surface area contributed by atoms with Crippen LogP contribution in [0.3, 0.4) is 0 Å². The summed E-state index contributed by atoms with van der Waals surface area (Å²) in [5.41, 5.74) is 0.721. The summed E-state index contributed by atoms with van der Waals surface area (Å²) in [5.74, 6) is 2.16. The summed E-state index contributed by atoms with van der Waals surface area (Å²) in [6.07, 6.45) is 2.91. The Balaban J connectivity index is 2.21. The molecular weight excluding hydrogens is 152 g/mol. The van der Waals surface area contributed by atoms with Crippen molar-refractivity contribution < 1.29 is 5.11 Å². The molecule has 1 aliphatic carbocycles. The van der Waals surface area contributed by atoms with Gasteiger partial charge in [0.2, 0.25) is 0 Å². The molecule has 3 heteroatoms. The van der Waals surface area contributed by atoms with E-state index in [1.165, 1.54) is 6.42 Å². The summed E-state index contributed by atoms with van der Waals surface area (Å²) in [7, 11) is 0. The first kappa shape index (κ1) is 7.68. The summed E-state index contributed by atoms with van der Waals surface area (Å²) >= 11 is 0. The van der Waals surface area contributed by atoms with Crippen LogP contribution in [0.2, 0.25) is 0 Å². The predicted molar refractivity (Wildman–Crippen MR) is 44.5 cm³/mol. The zero-order valence-corrected chi connectivity index (χ0v) is 7.07. The average Bonchev–Trinajstić information content (AvgIpc) is 2.83. The zero-order valence-electron chi connectivity index (χ0n) is 7.07. The van der Waals surface area contributed by atoms with E-state index in [0.29, 0.717) is 5.92 Å². The van der Waals surface area contributed by atoms with Crippen molar-refractivity contribution in [2.75, 3.05) is 0 Å². The van der Waals surface area contributed by atoms with Gasteiger partial charge in [0.1, 0.15) is 5.82 Å². The fourth-order valence-electron chi connectivity index (χ4n) is 1.36. The number of aromatic nitrogens is 2. The van der Waals surface area contributed by atoms with E-state index in [2.05, 4.69) is 16.9 Å². The van der Waals surface area contributed by atoms with Crippen LogP contribution < -0.4 is 0 Å². The van der Waals surface area contributed by atoms with Gasteiger partial charge in [0, 0.05) is 12.1 Å². The highest BCUT2D eigenvalue weighted by atomic mass is 16.3. The number of aliphatic hydroxyl groups is 1. The van der Waals surface area contributed by atoms with Crippen molar-refractivity contribution in [3.63, 3.8) is 0 Å². The fraction of sp³-hybridized carbons (Fsp3) is 0.556. The standard InChI is InChI=1S/C9H12N2O/c1-6-4-8(6)9-10-3-2-7(5-12)11-9/h2-3,6,8,12H,4-5H2,1H3. The second-order valence-corrected chi connectivity index (χ2v) is 3.38. The number of nitrogens with zero attached hydrogens (tertiary/aromatic N) is 2. The summed E-state index contributed by atoms with van der Waals surface area (Å²) in [4.78, 5) is 8.42. The summed E-state index contributed by atoms with van der Waals surface area (Å²) in [6.45, 7) is 2.20. The van der Waals surface area contributed by atoms with E-state index in [0.717, 1.165) is 17.4 Å². The molecule has 0 radical (unpaired) electrons. The number of rotatable bonds is 2. The maximum absolute atomic E-state index is 8.84. The van der Waals surface area contributed by atoms with Crippen molar-refractivity contribution in [1.82, 2.24) is 9.97 Å². The highest BCUT2D eigenvalue weighted by Crippen LogP contribution is 2.45. The van der Waals surface area contributed by atoms with Crippen LogP contribution in [-0.4, -0.2) is 15.1 Å². The Morgan fingerprint density at radius 2 is 2.42 bits per heavy atom. The summed E-state index contributed by atoms with van der Waals surface area (Å²) in [6, 6.07) is 1.75. The SMILES string of the molecule is CC1CC1c1nccc(CO)n1. The van der Waals surface area contributed by atoms with Gasteiger partial charge in [0.15, 0.2) is 0 Å². The van der Waals surface area contributed by atoms with E-state index in [9.17, 15) is 0 Å². The second kappa shape index (κ2) is 2.83. The average molecular weight is 164 g/mol. The molecule has 0 spiro atoms. The molecule has 2 rings (SSSR count). The van der Waals surface area contributed by atoms with E-state index in [4.69, 9.17) is 5.11 Å². The van der Waals surface area contributed by atoms with Gasteiger partial charge in [-0.05, 0) is 18.4 Å². The van der Waals surface area contributed by atoms with Gasteiger partial charge in [0.25, 0.3) is 0 Å². The molecule has 0 saturated heterocycles. The Hall–Kier alpha value is -0.960.